The highest BCUT2D eigenvalue weighted by atomic mass is 35.5. The average Bonchev–Trinajstić information content (AvgIpc) is 2.98. The lowest BCUT2D eigenvalue weighted by Crippen LogP contribution is -2.27. The number of hydroxylamine groups is 3. The second-order valence-corrected chi connectivity index (χ2v) is 5.57. The van der Waals surface area contributed by atoms with Gasteiger partial charge in [0.1, 0.15) is 0 Å². The first-order valence-electron chi connectivity index (χ1n) is 6.43. The zero-order chi connectivity index (χ0) is 18.3. The summed E-state index contributed by atoms with van der Waals surface area (Å²) in [5.41, 5.74) is 1.61. The van der Waals surface area contributed by atoms with E-state index < -0.39 is 22.2 Å². The normalized spacial score (nSPS) is 20.3. The second kappa shape index (κ2) is 6.16. The first-order chi connectivity index (χ1) is 11.8. The van der Waals surface area contributed by atoms with Crippen molar-refractivity contribution < 1.29 is 24.6 Å². The predicted octanol–water partition coefficient (Wildman–Crippen LogP) is 1.24. The SMILES string of the molecule is O=C1C=C(C2=NC(=C3C(Cl)=CN(O)C=C3Cl)ON2)C=C([N+](=O)[O-])C1=O. The van der Waals surface area contributed by atoms with Gasteiger partial charge in [-0.3, -0.25) is 24.9 Å². The van der Waals surface area contributed by atoms with E-state index >= 15 is 0 Å². The van der Waals surface area contributed by atoms with Crippen molar-refractivity contribution in [3.63, 3.8) is 0 Å². The van der Waals surface area contributed by atoms with Crippen LogP contribution in [0.15, 0.2) is 62.3 Å². The molecular formula is C13H6Cl2N4O6. The standard InChI is InChI=1S/C13H6Cl2N4O6/c14-6-3-18(22)4-7(15)10(6)13-16-12(17-25-13)5-1-8(19(23)24)11(21)9(20)2-5/h1-4,22H,(H,16,17). The topological polar surface area (TPSA) is 134 Å². The molecule has 0 saturated heterocycles. The maximum atomic E-state index is 11.6. The lowest BCUT2D eigenvalue weighted by molar-refractivity contribution is -0.418. The number of hydrogen-bond acceptors (Lipinski definition) is 9. The molecule has 10 nitrogen and oxygen atoms in total. The highest BCUT2D eigenvalue weighted by Crippen LogP contribution is 2.34. The van der Waals surface area contributed by atoms with Gasteiger partial charge in [-0.05, 0) is 0 Å². The second-order valence-electron chi connectivity index (χ2n) is 4.76. The number of aliphatic imine (C=N–C) groups is 1. The Labute approximate surface area is 148 Å². The molecule has 0 unspecified atom stereocenters. The van der Waals surface area contributed by atoms with Gasteiger partial charge in [-0.2, -0.15) is 4.99 Å². The van der Waals surface area contributed by atoms with Gasteiger partial charge in [0.25, 0.3) is 5.88 Å². The summed E-state index contributed by atoms with van der Waals surface area (Å²) in [6.45, 7) is 0. The minimum absolute atomic E-state index is 0.0159. The van der Waals surface area contributed by atoms with Crippen LogP contribution in [0.4, 0.5) is 0 Å². The van der Waals surface area contributed by atoms with Crippen LogP contribution in [0.1, 0.15) is 0 Å². The molecule has 0 aromatic heterocycles. The zero-order valence-electron chi connectivity index (χ0n) is 11.9. The van der Waals surface area contributed by atoms with Gasteiger partial charge in [-0.25, -0.2) is 10.5 Å². The molecule has 0 saturated carbocycles. The molecule has 0 atom stereocenters. The molecule has 3 rings (SSSR count). The first kappa shape index (κ1) is 16.9. The molecule has 0 bridgehead atoms. The fourth-order valence-corrected chi connectivity index (χ4v) is 2.66. The fraction of sp³-hybridized carbons (Fsp3) is 0. The number of carbonyl (C=O) groups is 2. The minimum Gasteiger partial charge on any atom is -0.359 e. The van der Waals surface area contributed by atoms with E-state index in [1.165, 1.54) is 0 Å². The van der Waals surface area contributed by atoms with E-state index in [1.807, 2.05) is 0 Å². The first-order valence-corrected chi connectivity index (χ1v) is 7.18. The van der Waals surface area contributed by atoms with Crippen molar-refractivity contribution in [3.8, 4) is 0 Å². The van der Waals surface area contributed by atoms with Gasteiger partial charge in [0.2, 0.25) is 5.78 Å². The minimum atomic E-state index is -1.22. The predicted molar refractivity (Wildman–Crippen MR) is 83.4 cm³/mol. The van der Waals surface area contributed by atoms with E-state index in [1.54, 1.807) is 0 Å². The summed E-state index contributed by atoms with van der Waals surface area (Å²) < 4.78 is 0. The summed E-state index contributed by atoms with van der Waals surface area (Å²) in [7, 11) is 0. The van der Waals surface area contributed by atoms with Gasteiger partial charge in [0.05, 0.1) is 33.0 Å². The van der Waals surface area contributed by atoms with Crippen molar-refractivity contribution in [1.29, 1.82) is 0 Å². The lowest BCUT2D eigenvalue weighted by Gasteiger charge is -2.16. The number of amidine groups is 1. The molecular weight excluding hydrogens is 379 g/mol. The molecule has 3 aliphatic rings. The van der Waals surface area contributed by atoms with Crippen LogP contribution in [-0.2, 0) is 14.4 Å². The molecule has 2 aliphatic heterocycles. The molecule has 0 amide bonds. The molecule has 128 valence electrons. The van der Waals surface area contributed by atoms with Gasteiger partial charge in [0.15, 0.2) is 5.84 Å². The molecule has 2 N–H and O–H groups in total. The number of ketones is 2. The van der Waals surface area contributed by atoms with Crippen LogP contribution in [0.2, 0.25) is 0 Å². The highest BCUT2D eigenvalue weighted by molar-refractivity contribution is 6.48. The number of nitrogens with one attached hydrogen (secondary N) is 1. The molecule has 0 aromatic rings. The third-order valence-corrected chi connectivity index (χ3v) is 3.72. The van der Waals surface area contributed by atoms with Crippen LogP contribution in [-0.4, -0.2) is 32.6 Å². The van der Waals surface area contributed by atoms with Crippen LogP contribution < -0.4 is 5.48 Å². The van der Waals surface area contributed by atoms with E-state index in [2.05, 4.69) is 10.5 Å². The van der Waals surface area contributed by atoms with Crippen LogP contribution in [0, 0.1) is 10.1 Å². The Bertz CT molecular complexity index is 889. The van der Waals surface area contributed by atoms with Crippen molar-refractivity contribution in [2.24, 2.45) is 4.99 Å². The molecule has 0 aromatic carbocycles. The van der Waals surface area contributed by atoms with Crippen molar-refractivity contribution in [2.45, 2.75) is 0 Å². The third-order valence-electron chi connectivity index (χ3n) is 3.15. The van der Waals surface area contributed by atoms with Crippen molar-refractivity contribution in [3.05, 3.63) is 67.5 Å². The summed E-state index contributed by atoms with van der Waals surface area (Å²) in [6.07, 6.45) is 4.07. The Morgan fingerprint density at radius 2 is 1.88 bits per heavy atom. The molecule has 0 fully saturated rings. The van der Waals surface area contributed by atoms with Crippen LogP contribution in [0.5, 0.6) is 0 Å². The number of Topliss-reactive ketones (excluding diaryl/α,β-unsaturated/α-hetero) is 1. The number of hydrogen-bond donors (Lipinski definition) is 2. The maximum absolute atomic E-state index is 11.6. The Morgan fingerprint density at radius 1 is 1.24 bits per heavy atom. The number of carbonyl (C=O) groups excluding carboxylic acids is 2. The van der Waals surface area contributed by atoms with Crippen LogP contribution in [0.3, 0.4) is 0 Å². The summed E-state index contributed by atoms with van der Waals surface area (Å²) in [6, 6.07) is 0. The fourth-order valence-electron chi connectivity index (χ4n) is 2.05. The Hall–Kier alpha value is -2.95. The molecule has 2 heterocycles. The monoisotopic (exact) mass is 384 g/mol. The van der Waals surface area contributed by atoms with E-state index in [0.717, 1.165) is 24.6 Å². The summed E-state index contributed by atoms with van der Waals surface area (Å²) in [5, 5.41) is 20.9. The van der Waals surface area contributed by atoms with Gasteiger partial charge >= 0.3 is 11.5 Å². The number of nitrogens with zero attached hydrogens (tertiary/aromatic N) is 3. The molecule has 1 aliphatic carbocycles. The van der Waals surface area contributed by atoms with Crippen LogP contribution in [0.25, 0.3) is 0 Å². The highest BCUT2D eigenvalue weighted by Gasteiger charge is 2.34. The van der Waals surface area contributed by atoms with Crippen molar-refractivity contribution >= 4 is 40.6 Å². The molecule has 0 spiro atoms. The van der Waals surface area contributed by atoms with Gasteiger partial charge < -0.3 is 4.84 Å². The van der Waals surface area contributed by atoms with Crippen LogP contribution >= 0.6 is 23.2 Å². The quantitative estimate of drug-likeness (QED) is 0.314. The van der Waals surface area contributed by atoms with Crippen molar-refractivity contribution in [2.75, 3.05) is 0 Å². The molecule has 0 radical (unpaired) electrons. The van der Waals surface area contributed by atoms with Gasteiger partial charge in [-0.15, -0.1) is 0 Å². The summed E-state index contributed by atoms with van der Waals surface area (Å²) >= 11 is 12.0. The third kappa shape index (κ3) is 3.05. The Morgan fingerprint density at radius 3 is 2.48 bits per heavy atom. The van der Waals surface area contributed by atoms with Gasteiger partial charge in [0, 0.05) is 17.7 Å². The van der Waals surface area contributed by atoms with E-state index in [0.29, 0.717) is 5.06 Å². The Kier molecular flexibility index (Phi) is 4.17. The van der Waals surface area contributed by atoms with E-state index in [4.69, 9.17) is 28.0 Å². The lowest BCUT2D eigenvalue weighted by atomic mass is 10.0. The number of halogens is 2. The summed E-state index contributed by atoms with van der Waals surface area (Å²) in [5.74, 6) is -2.42. The van der Waals surface area contributed by atoms with Gasteiger partial charge in [-0.1, -0.05) is 23.2 Å². The Balaban J connectivity index is 2.02. The smallest absolute Gasteiger partial charge is 0.321 e. The summed E-state index contributed by atoms with van der Waals surface area (Å²) in [4.78, 5) is 42.1. The van der Waals surface area contributed by atoms with E-state index in [-0.39, 0.29) is 32.9 Å². The number of allylic oxidation sites excluding steroid dienone is 5. The maximum Gasteiger partial charge on any atom is 0.321 e. The number of nitro groups is 1. The molecule has 12 heteroatoms. The average molecular weight is 385 g/mol. The zero-order valence-corrected chi connectivity index (χ0v) is 13.4. The van der Waals surface area contributed by atoms with E-state index in [9.17, 15) is 24.9 Å². The largest absolute Gasteiger partial charge is 0.359 e. The van der Waals surface area contributed by atoms with Crippen molar-refractivity contribution in [1.82, 2.24) is 10.5 Å². The molecule has 25 heavy (non-hydrogen) atoms. The number of rotatable bonds is 2.